The molecule has 0 unspecified atom stereocenters. The van der Waals surface area contributed by atoms with Crippen LogP contribution in [0.5, 0.6) is 5.75 Å². The number of amides is 1. The maximum atomic E-state index is 13.2. The smallest absolute Gasteiger partial charge is 0.276 e. The van der Waals surface area contributed by atoms with E-state index < -0.39 is 11.2 Å². The Hall–Kier alpha value is -3.41. The van der Waals surface area contributed by atoms with Crippen LogP contribution in [0.15, 0.2) is 59.5 Å². The molecule has 1 aliphatic carbocycles. The summed E-state index contributed by atoms with van der Waals surface area (Å²) < 4.78 is 1.58. The molecule has 172 valence electrons. The Balaban J connectivity index is 0.00000126. The van der Waals surface area contributed by atoms with Gasteiger partial charge >= 0.3 is 0 Å². The van der Waals surface area contributed by atoms with Crippen LogP contribution in [0, 0.1) is 0 Å². The zero-order valence-corrected chi connectivity index (χ0v) is 19.7. The Kier molecular flexibility index (Phi) is 6.36. The van der Waals surface area contributed by atoms with Crippen molar-refractivity contribution in [3.05, 3.63) is 92.9 Å². The van der Waals surface area contributed by atoms with E-state index in [4.69, 9.17) is 0 Å². The molecule has 1 amide bonds. The zero-order chi connectivity index (χ0) is 23.7. The summed E-state index contributed by atoms with van der Waals surface area (Å²) in [6.07, 6.45) is 3.00. The van der Waals surface area contributed by atoms with Crippen LogP contribution in [-0.4, -0.2) is 38.3 Å². The van der Waals surface area contributed by atoms with Gasteiger partial charge in [0.1, 0.15) is 0 Å². The highest BCUT2D eigenvalue weighted by molar-refractivity contribution is 5.96. The number of hydrogen-bond donors (Lipinski definition) is 1. The van der Waals surface area contributed by atoms with Crippen molar-refractivity contribution in [2.75, 3.05) is 6.54 Å². The van der Waals surface area contributed by atoms with Gasteiger partial charge < -0.3 is 10.0 Å². The number of aromatic hydroxyl groups is 1. The van der Waals surface area contributed by atoms with Gasteiger partial charge in [0.2, 0.25) is 5.43 Å². The van der Waals surface area contributed by atoms with Gasteiger partial charge in [-0.2, -0.15) is 5.10 Å². The van der Waals surface area contributed by atoms with E-state index >= 15 is 0 Å². The molecule has 1 aliphatic heterocycles. The zero-order valence-electron chi connectivity index (χ0n) is 19.7. The summed E-state index contributed by atoms with van der Waals surface area (Å²) in [7, 11) is 0. The number of aryl methyl sites for hydroxylation is 2. The van der Waals surface area contributed by atoms with E-state index in [1.807, 2.05) is 39.8 Å². The molecule has 33 heavy (non-hydrogen) atoms. The highest BCUT2D eigenvalue weighted by atomic mass is 16.3. The van der Waals surface area contributed by atoms with E-state index in [9.17, 15) is 14.7 Å². The van der Waals surface area contributed by atoms with Gasteiger partial charge in [-0.1, -0.05) is 62.4 Å². The first kappa shape index (κ1) is 22.8. The van der Waals surface area contributed by atoms with Crippen LogP contribution in [0.4, 0.5) is 0 Å². The van der Waals surface area contributed by atoms with Crippen LogP contribution in [0.2, 0.25) is 0 Å². The minimum atomic E-state index is -0.634. The number of rotatable bonds is 2. The highest BCUT2D eigenvalue weighted by Gasteiger charge is 2.41. The molecule has 0 spiro atoms. The third-order valence-corrected chi connectivity index (χ3v) is 6.60. The first-order chi connectivity index (χ1) is 16.0. The molecule has 2 heterocycles. The number of aromatic nitrogens is 2. The first-order valence-electron chi connectivity index (χ1n) is 11.7. The van der Waals surface area contributed by atoms with E-state index in [0.29, 0.717) is 6.54 Å². The Labute approximate surface area is 194 Å². The SMILES string of the molecule is CC.CC(C)N1C[C@H](C2c3ccccc3CCc3ccccc32)n2ncc(=O)c(O)c2C1=O. The molecule has 1 N–H and O–H groups in total. The maximum absolute atomic E-state index is 13.2. The van der Waals surface area contributed by atoms with E-state index in [-0.39, 0.29) is 29.6 Å². The lowest BCUT2D eigenvalue weighted by molar-refractivity contribution is 0.0570. The Morgan fingerprint density at radius 2 is 1.48 bits per heavy atom. The number of fused-ring (bicyclic) bond motifs is 3. The third-order valence-electron chi connectivity index (χ3n) is 6.60. The average molecular weight is 446 g/mol. The highest BCUT2D eigenvalue weighted by Crippen LogP contribution is 2.43. The fourth-order valence-corrected chi connectivity index (χ4v) is 5.08. The molecule has 2 aliphatic rings. The quantitative estimate of drug-likeness (QED) is 0.638. The molecule has 3 aromatic rings. The summed E-state index contributed by atoms with van der Waals surface area (Å²) in [5.41, 5.74) is 4.33. The first-order valence-corrected chi connectivity index (χ1v) is 11.7. The predicted molar refractivity (Wildman–Crippen MR) is 129 cm³/mol. The summed E-state index contributed by atoms with van der Waals surface area (Å²) >= 11 is 0. The monoisotopic (exact) mass is 445 g/mol. The van der Waals surface area contributed by atoms with Crippen molar-refractivity contribution in [2.45, 2.75) is 58.5 Å². The topological polar surface area (TPSA) is 75.4 Å². The second-order valence-corrected chi connectivity index (χ2v) is 8.64. The summed E-state index contributed by atoms with van der Waals surface area (Å²) in [5.74, 6) is -0.938. The normalized spacial score (nSPS) is 17.4. The molecule has 0 radical (unpaired) electrons. The molecule has 0 saturated heterocycles. The maximum Gasteiger partial charge on any atom is 0.276 e. The minimum absolute atomic E-state index is 0.0170. The van der Waals surface area contributed by atoms with Gasteiger partial charge in [-0.05, 0) is 48.9 Å². The van der Waals surface area contributed by atoms with Crippen molar-refractivity contribution in [3.63, 3.8) is 0 Å². The summed E-state index contributed by atoms with van der Waals surface area (Å²) in [6.45, 7) is 8.35. The van der Waals surface area contributed by atoms with Gasteiger partial charge in [0, 0.05) is 18.5 Å². The van der Waals surface area contributed by atoms with Gasteiger partial charge in [0.05, 0.1) is 12.2 Å². The second-order valence-electron chi connectivity index (χ2n) is 8.64. The van der Waals surface area contributed by atoms with Crippen molar-refractivity contribution in [2.24, 2.45) is 0 Å². The molecular formula is C27H31N3O3. The van der Waals surface area contributed by atoms with Crippen molar-refractivity contribution >= 4 is 5.91 Å². The van der Waals surface area contributed by atoms with Crippen molar-refractivity contribution in [1.29, 1.82) is 0 Å². The molecule has 6 heteroatoms. The van der Waals surface area contributed by atoms with E-state index in [1.54, 1.807) is 9.58 Å². The predicted octanol–water partition coefficient (Wildman–Crippen LogP) is 4.31. The Morgan fingerprint density at radius 1 is 0.939 bits per heavy atom. The van der Waals surface area contributed by atoms with Crippen LogP contribution in [0.1, 0.15) is 72.4 Å². The molecule has 0 fully saturated rings. The molecule has 1 aromatic heterocycles. The Bertz CT molecular complexity index is 1180. The second kappa shape index (κ2) is 9.22. The molecule has 6 nitrogen and oxygen atoms in total. The van der Waals surface area contributed by atoms with Gasteiger partial charge in [-0.25, -0.2) is 0 Å². The molecule has 0 bridgehead atoms. The van der Waals surface area contributed by atoms with Crippen molar-refractivity contribution < 1.29 is 9.90 Å². The van der Waals surface area contributed by atoms with Gasteiger partial charge in [0.25, 0.3) is 5.91 Å². The van der Waals surface area contributed by atoms with E-state index in [1.165, 1.54) is 22.3 Å². The molecule has 2 aromatic carbocycles. The van der Waals surface area contributed by atoms with E-state index in [2.05, 4.69) is 41.5 Å². The Morgan fingerprint density at radius 3 is 2.03 bits per heavy atom. The molecule has 5 rings (SSSR count). The summed E-state index contributed by atoms with van der Waals surface area (Å²) in [6, 6.07) is 16.5. The van der Waals surface area contributed by atoms with Crippen LogP contribution in [0.3, 0.4) is 0 Å². The largest absolute Gasteiger partial charge is 0.502 e. The minimum Gasteiger partial charge on any atom is -0.502 e. The van der Waals surface area contributed by atoms with Crippen LogP contribution >= 0.6 is 0 Å². The van der Waals surface area contributed by atoms with Crippen molar-refractivity contribution in [1.82, 2.24) is 14.7 Å². The number of hydrogen-bond acceptors (Lipinski definition) is 4. The average Bonchev–Trinajstić information content (AvgIpc) is 3.00. The summed E-state index contributed by atoms with van der Waals surface area (Å²) in [4.78, 5) is 27.1. The molecule has 0 saturated carbocycles. The number of benzene rings is 2. The number of carbonyl (C=O) groups excluding carboxylic acids is 1. The number of nitrogens with zero attached hydrogens (tertiary/aromatic N) is 3. The standard InChI is InChI=1S/C25H25N3O3.C2H6/c1-15(2)27-14-20(28-23(25(27)31)24(30)21(29)13-26-28)22-18-9-5-3-7-16(18)11-12-17-8-4-6-10-19(17)22;1-2/h3-10,13,15,20,22,30H,11-12,14H2,1-2H3;1-2H3/t20-;/m1./s1. The lowest BCUT2D eigenvalue weighted by atomic mass is 9.81. The fraction of sp³-hybridized carbons (Fsp3) is 0.370. The molecule has 1 atom stereocenters. The van der Waals surface area contributed by atoms with E-state index in [0.717, 1.165) is 19.0 Å². The van der Waals surface area contributed by atoms with Crippen LogP contribution < -0.4 is 5.43 Å². The van der Waals surface area contributed by atoms with Crippen molar-refractivity contribution in [3.8, 4) is 5.75 Å². The molecular weight excluding hydrogens is 414 g/mol. The lowest BCUT2D eigenvalue weighted by Crippen LogP contribution is -2.49. The summed E-state index contributed by atoms with van der Waals surface area (Å²) in [5, 5.41) is 14.9. The van der Waals surface area contributed by atoms with Gasteiger partial charge in [0.15, 0.2) is 11.4 Å². The third kappa shape index (κ3) is 3.84. The van der Waals surface area contributed by atoms with Gasteiger partial charge in [-0.15, -0.1) is 0 Å². The number of carbonyl (C=O) groups is 1. The van der Waals surface area contributed by atoms with Crippen LogP contribution in [-0.2, 0) is 12.8 Å². The lowest BCUT2D eigenvalue weighted by Gasteiger charge is -2.41. The fourth-order valence-electron chi connectivity index (χ4n) is 5.08. The van der Waals surface area contributed by atoms with Gasteiger partial charge in [-0.3, -0.25) is 14.3 Å². The van der Waals surface area contributed by atoms with Crippen LogP contribution in [0.25, 0.3) is 0 Å².